The van der Waals surface area contributed by atoms with E-state index in [4.69, 9.17) is 4.42 Å². The van der Waals surface area contributed by atoms with Crippen molar-refractivity contribution in [3.8, 4) is 11.5 Å². The Morgan fingerprint density at radius 1 is 1.25 bits per heavy atom. The third-order valence-corrected chi connectivity index (χ3v) is 4.59. The average Bonchev–Trinajstić information content (AvgIpc) is 3.17. The fourth-order valence-electron chi connectivity index (χ4n) is 2.36. The zero-order chi connectivity index (χ0) is 16.4. The number of nitrogens with zero attached hydrogens (tertiary/aromatic N) is 3. The van der Waals surface area contributed by atoms with Gasteiger partial charge in [-0.2, -0.15) is 0 Å². The molecule has 1 aromatic carbocycles. The van der Waals surface area contributed by atoms with Gasteiger partial charge in [0.1, 0.15) is 0 Å². The largest absolute Gasteiger partial charge is 0.421 e. The topological polar surface area (TPSA) is 80.9 Å². The summed E-state index contributed by atoms with van der Waals surface area (Å²) in [5.41, 5.74) is 1.97. The van der Waals surface area contributed by atoms with Crippen LogP contribution in [0.15, 0.2) is 40.1 Å². The maximum absolute atomic E-state index is 12.0. The molecule has 0 radical (unpaired) electrons. The Balaban J connectivity index is 1.31. The molecule has 6 nitrogen and oxygen atoms in total. The van der Waals surface area contributed by atoms with Crippen LogP contribution in [0.3, 0.4) is 0 Å². The minimum Gasteiger partial charge on any atom is -0.421 e. The highest BCUT2D eigenvalue weighted by Gasteiger charge is 2.26. The normalized spacial score (nSPS) is 13.8. The second-order valence-electron chi connectivity index (χ2n) is 5.77. The van der Waals surface area contributed by atoms with E-state index in [-0.39, 0.29) is 12.3 Å². The van der Waals surface area contributed by atoms with Crippen LogP contribution in [0.5, 0.6) is 0 Å². The number of aryl methyl sites for hydroxylation is 1. The molecule has 24 heavy (non-hydrogen) atoms. The van der Waals surface area contributed by atoms with E-state index in [2.05, 4.69) is 20.5 Å². The predicted molar refractivity (Wildman–Crippen MR) is 90.8 cm³/mol. The highest BCUT2D eigenvalue weighted by atomic mass is 32.1. The van der Waals surface area contributed by atoms with Crippen molar-refractivity contribution in [2.24, 2.45) is 0 Å². The van der Waals surface area contributed by atoms with Gasteiger partial charge in [0.05, 0.1) is 5.69 Å². The van der Waals surface area contributed by atoms with Crippen molar-refractivity contribution in [3.63, 3.8) is 0 Å². The van der Waals surface area contributed by atoms with Crippen LogP contribution in [0.2, 0.25) is 0 Å². The number of amides is 1. The van der Waals surface area contributed by atoms with Crippen LogP contribution in [-0.4, -0.2) is 21.1 Å². The molecule has 2 aromatic heterocycles. The van der Waals surface area contributed by atoms with Crippen molar-refractivity contribution in [2.75, 3.05) is 5.32 Å². The number of nitrogens with one attached hydrogen (secondary N) is 1. The molecule has 0 spiro atoms. The summed E-state index contributed by atoms with van der Waals surface area (Å²) >= 11 is 1.47. The third kappa shape index (κ3) is 3.51. The van der Waals surface area contributed by atoms with Gasteiger partial charge in [-0.15, -0.1) is 21.5 Å². The van der Waals surface area contributed by atoms with Gasteiger partial charge in [0, 0.05) is 29.7 Å². The number of carbonyl (C=O) groups is 1. The van der Waals surface area contributed by atoms with Crippen LogP contribution < -0.4 is 5.32 Å². The van der Waals surface area contributed by atoms with Gasteiger partial charge in [0.15, 0.2) is 5.13 Å². The second-order valence-corrected chi connectivity index (χ2v) is 6.63. The van der Waals surface area contributed by atoms with Crippen molar-refractivity contribution in [2.45, 2.75) is 31.6 Å². The molecule has 0 saturated heterocycles. The molecule has 122 valence electrons. The maximum Gasteiger partial charge on any atom is 0.247 e. The van der Waals surface area contributed by atoms with Crippen LogP contribution >= 0.6 is 11.3 Å². The molecule has 3 aromatic rings. The molecule has 0 unspecified atom stereocenters. The lowest BCUT2D eigenvalue weighted by atomic mass is 10.2. The Morgan fingerprint density at radius 2 is 2.08 bits per heavy atom. The summed E-state index contributed by atoms with van der Waals surface area (Å²) in [5, 5.41) is 13.5. The number of benzene rings is 1. The number of rotatable bonds is 6. The molecular formula is C17H16N4O2S. The molecule has 1 saturated carbocycles. The van der Waals surface area contributed by atoms with Gasteiger partial charge in [-0.05, 0) is 25.0 Å². The molecule has 0 bridgehead atoms. The summed E-state index contributed by atoms with van der Waals surface area (Å²) < 4.78 is 5.60. The highest BCUT2D eigenvalue weighted by Crippen LogP contribution is 2.40. The molecule has 7 heteroatoms. The molecule has 1 N–H and O–H groups in total. The monoisotopic (exact) mass is 340 g/mol. The van der Waals surface area contributed by atoms with E-state index in [1.165, 1.54) is 24.2 Å². The summed E-state index contributed by atoms with van der Waals surface area (Å²) in [6.07, 6.45) is 3.11. The number of anilines is 1. The maximum atomic E-state index is 12.0. The van der Waals surface area contributed by atoms with E-state index in [0.717, 1.165) is 11.3 Å². The average molecular weight is 340 g/mol. The summed E-state index contributed by atoms with van der Waals surface area (Å²) in [5.74, 6) is 1.44. The Bertz CT molecular complexity index is 839. The fraction of sp³-hybridized carbons (Fsp3) is 0.294. The standard InChI is InChI=1S/C17H16N4O2S/c22-14(19-17-18-13(10-24-17)11-6-7-11)8-9-15-20-21-16(23-15)12-4-2-1-3-5-12/h1-5,10-11H,6-9H2,(H,18,19,22). The predicted octanol–water partition coefficient (Wildman–Crippen LogP) is 3.64. The summed E-state index contributed by atoms with van der Waals surface area (Å²) in [4.78, 5) is 16.5. The second kappa shape index (κ2) is 6.52. The summed E-state index contributed by atoms with van der Waals surface area (Å²) in [7, 11) is 0. The minimum atomic E-state index is -0.0915. The molecule has 0 atom stereocenters. The van der Waals surface area contributed by atoms with E-state index in [0.29, 0.717) is 29.3 Å². The Morgan fingerprint density at radius 3 is 2.88 bits per heavy atom. The van der Waals surface area contributed by atoms with Crippen LogP contribution in [0, 0.1) is 0 Å². The minimum absolute atomic E-state index is 0.0915. The van der Waals surface area contributed by atoms with E-state index < -0.39 is 0 Å². The molecule has 4 rings (SSSR count). The molecule has 1 amide bonds. The highest BCUT2D eigenvalue weighted by molar-refractivity contribution is 7.13. The van der Waals surface area contributed by atoms with Crippen molar-refractivity contribution in [1.29, 1.82) is 0 Å². The van der Waals surface area contributed by atoms with Gasteiger partial charge in [-0.3, -0.25) is 4.79 Å². The summed E-state index contributed by atoms with van der Waals surface area (Å²) in [6.45, 7) is 0. The molecule has 2 heterocycles. The number of hydrogen-bond acceptors (Lipinski definition) is 6. The lowest BCUT2D eigenvalue weighted by Crippen LogP contribution is -2.12. The Kier molecular flexibility index (Phi) is 4.08. The van der Waals surface area contributed by atoms with Crippen molar-refractivity contribution >= 4 is 22.4 Å². The molecule has 1 aliphatic rings. The first-order chi connectivity index (χ1) is 11.8. The van der Waals surface area contributed by atoms with E-state index >= 15 is 0 Å². The Hall–Kier alpha value is -2.54. The first-order valence-corrected chi connectivity index (χ1v) is 8.79. The van der Waals surface area contributed by atoms with Crippen LogP contribution in [-0.2, 0) is 11.2 Å². The van der Waals surface area contributed by atoms with E-state index in [9.17, 15) is 4.79 Å². The fourth-order valence-corrected chi connectivity index (χ4v) is 3.17. The third-order valence-electron chi connectivity index (χ3n) is 3.82. The zero-order valence-electron chi connectivity index (χ0n) is 12.9. The number of thiazole rings is 1. The van der Waals surface area contributed by atoms with E-state index in [1.54, 1.807) is 0 Å². The first kappa shape index (κ1) is 15.0. The lowest BCUT2D eigenvalue weighted by Gasteiger charge is -1.99. The van der Waals surface area contributed by atoms with Crippen LogP contribution in [0.1, 0.15) is 36.8 Å². The van der Waals surface area contributed by atoms with Gasteiger partial charge < -0.3 is 9.73 Å². The van der Waals surface area contributed by atoms with E-state index in [1.807, 2.05) is 35.7 Å². The van der Waals surface area contributed by atoms with Gasteiger partial charge in [-0.1, -0.05) is 18.2 Å². The van der Waals surface area contributed by atoms with Crippen molar-refractivity contribution in [1.82, 2.24) is 15.2 Å². The molecule has 1 fully saturated rings. The molecular weight excluding hydrogens is 324 g/mol. The first-order valence-electron chi connectivity index (χ1n) is 7.91. The van der Waals surface area contributed by atoms with Crippen molar-refractivity contribution < 1.29 is 9.21 Å². The molecule has 0 aliphatic heterocycles. The smallest absolute Gasteiger partial charge is 0.247 e. The Labute approximate surface area is 143 Å². The van der Waals surface area contributed by atoms with Crippen LogP contribution in [0.4, 0.5) is 5.13 Å². The van der Waals surface area contributed by atoms with Crippen LogP contribution in [0.25, 0.3) is 11.5 Å². The SMILES string of the molecule is O=C(CCc1nnc(-c2ccccc2)o1)Nc1nc(C2CC2)cs1. The lowest BCUT2D eigenvalue weighted by molar-refractivity contribution is -0.116. The quantitative estimate of drug-likeness (QED) is 0.741. The van der Waals surface area contributed by atoms with Gasteiger partial charge in [0.25, 0.3) is 0 Å². The van der Waals surface area contributed by atoms with Gasteiger partial charge in [-0.25, -0.2) is 4.98 Å². The van der Waals surface area contributed by atoms with Crippen molar-refractivity contribution in [3.05, 3.63) is 47.3 Å². The number of aromatic nitrogens is 3. The number of carbonyl (C=O) groups excluding carboxylic acids is 1. The zero-order valence-corrected chi connectivity index (χ0v) is 13.8. The van der Waals surface area contributed by atoms with Gasteiger partial charge in [0.2, 0.25) is 17.7 Å². The summed E-state index contributed by atoms with van der Waals surface area (Å²) in [6, 6.07) is 9.57. The molecule has 1 aliphatic carbocycles. The van der Waals surface area contributed by atoms with Gasteiger partial charge >= 0.3 is 0 Å². The number of hydrogen-bond donors (Lipinski definition) is 1.